The van der Waals surface area contributed by atoms with Gasteiger partial charge in [0.1, 0.15) is 5.75 Å². The third kappa shape index (κ3) is 6.53. The van der Waals surface area contributed by atoms with Gasteiger partial charge in [0.2, 0.25) is 5.91 Å². The van der Waals surface area contributed by atoms with Gasteiger partial charge in [-0.05, 0) is 54.6 Å². The standard InChI is InChI=1S/C24H21N3O5/c1-16(28)32-21-9-5-8-18(14-21)24(31)27-20-12-10-19(11-13-20)26-22(29)15-25-23(30)17-6-3-2-4-7-17/h2-14H,15H2,1H3,(H,25,30)(H,26,29)(H,27,31). The quantitative estimate of drug-likeness (QED) is 0.393. The number of hydrogen-bond acceptors (Lipinski definition) is 5. The second-order valence-corrected chi connectivity index (χ2v) is 6.75. The molecule has 3 aromatic rings. The van der Waals surface area contributed by atoms with Crippen molar-refractivity contribution >= 4 is 35.1 Å². The Labute approximate surface area is 184 Å². The normalized spacial score (nSPS) is 10.0. The van der Waals surface area contributed by atoms with Gasteiger partial charge in [-0.15, -0.1) is 0 Å². The van der Waals surface area contributed by atoms with Crippen LogP contribution < -0.4 is 20.7 Å². The Balaban J connectivity index is 1.51. The summed E-state index contributed by atoms with van der Waals surface area (Å²) in [5.74, 6) is -1.29. The first-order valence-corrected chi connectivity index (χ1v) is 9.74. The summed E-state index contributed by atoms with van der Waals surface area (Å²) in [5.41, 5.74) is 1.83. The average molecular weight is 431 g/mol. The molecule has 8 heteroatoms. The lowest BCUT2D eigenvalue weighted by Gasteiger charge is -2.09. The van der Waals surface area contributed by atoms with Crippen LogP contribution in [0.25, 0.3) is 0 Å². The summed E-state index contributed by atoms with van der Waals surface area (Å²) in [4.78, 5) is 47.5. The highest BCUT2D eigenvalue weighted by Crippen LogP contribution is 2.17. The SMILES string of the molecule is CC(=O)Oc1cccc(C(=O)Nc2ccc(NC(=O)CNC(=O)c3ccccc3)cc2)c1. The van der Waals surface area contributed by atoms with E-state index in [1.54, 1.807) is 72.8 Å². The van der Waals surface area contributed by atoms with Crippen molar-refractivity contribution in [2.24, 2.45) is 0 Å². The van der Waals surface area contributed by atoms with Gasteiger partial charge < -0.3 is 20.7 Å². The number of rotatable bonds is 7. The van der Waals surface area contributed by atoms with Crippen LogP contribution in [0.2, 0.25) is 0 Å². The molecule has 3 N–H and O–H groups in total. The second kappa shape index (κ2) is 10.5. The fourth-order valence-corrected chi connectivity index (χ4v) is 2.76. The van der Waals surface area contributed by atoms with Crippen LogP contribution in [0.15, 0.2) is 78.9 Å². The Hall–Kier alpha value is -4.46. The van der Waals surface area contributed by atoms with E-state index in [1.165, 1.54) is 13.0 Å². The summed E-state index contributed by atoms with van der Waals surface area (Å²) < 4.78 is 4.98. The van der Waals surface area contributed by atoms with E-state index >= 15 is 0 Å². The largest absolute Gasteiger partial charge is 0.427 e. The molecule has 0 spiro atoms. The lowest BCUT2D eigenvalue weighted by atomic mass is 10.2. The fourth-order valence-electron chi connectivity index (χ4n) is 2.76. The van der Waals surface area contributed by atoms with Crippen molar-refractivity contribution < 1.29 is 23.9 Å². The molecule has 0 saturated carbocycles. The molecule has 3 rings (SSSR count). The van der Waals surface area contributed by atoms with Crippen LogP contribution in [-0.4, -0.2) is 30.2 Å². The average Bonchev–Trinajstić information content (AvgIpc) is 2.79. The molecule has 8 nitrogen and oxygen atoms in total. The van der Waals surface area contributed by atoms with Gasteiger partial charge in [-0.1, -0.05) is 24.3 Å². The zero-order chi connectivity index (χ0) is 22.9. The molecule has 32 heavy (non-hydrogen) atoms. The number of nitrogens with one attached hydrogen (secondary N) is 3. The van der Waals surface area contributed by atoms with Crippen molar-refractivity contribution in [2.45, 2.75) is 6.92 Å². The van der Waals surface area contributed by atoms with E-state index < -0.39 is 5.97 Å². The Kier molecular flexibility index (Phi) is 7.32. The van der Waals surface area contributed by atoms with Crippen LogP contribution in [0.3, 0.4) is 0 Å². The zero-order valence-corrected chi connectivity index (χ0v) is 17.3. The number of carbonyl (C=O) groups is 4. The molecule has 0 aliphatic carbocycles. The van der Waals surface area contributed by atoms with Gasteiger partial charge in [-0.2, -0.15) is 0 Å². The lowest BCUT2D eigenvalue weighted by Crippen LogP contribution is -2.32. The second-order valence-electron chi connectivity index (χ2n) is 6.75. The highest BCUT2D eigenvalue weighted by molar-refractivity contribution is 6.05. The van der Waals surface area contributed by atoms with Crippen LogP contribution in [0, 0.1) is 0 Å². The summed E-state index contributed by atoms with van der Waals surface area (Å²) in [6, 6.07) is 21.4. The van der Waals surface area contributed by atoms with E-state index in [4.69, 9.17) is 4.74 Å². The van der Waals surface area contributed by atoms with Crippen LogP contribution in [0.4, 0.5) is 11.4 Å². The number of carbonyl (C=O) groups excluding carboxylic acids is 4. The highest BCUT2D eigenvalue weighted by Gasteiger charge is 2.10. The fraction of sp³-hybridized carbons (Fsp3) is 0.0833. The topological polar surface area (TPSA) is 114 Å². The highest BCUT2D eigenvalue weighted by atomic mass is 16.5. The first-order valence-electron chi connectivity index (χ1n) is 9.74. The van der Waals surface area contributed by atoms with Crippen molar-refractivity contribution in [3.8, 4) is 5.75 Å². The van der Waals surface area contributed by atoms with Gasteiger partial charge in [0.15, 0.2) is 0 Å². The summed E-state index contributed by atoms with van der Waals surface area (Å²) in [7, 11) is 0. The predicted molar refractivity (Wildman–Crippen MR) is 120 cm³/mol. The van der Waals surface area contributed by atoms with E-state index in [2.05, 4.69) is 16.0 Å². The maximum Gasteiger partial charge on any atom is 0.308 e. The van der Waals surface area contributed by atoms with E-state index in [0.29, 0.717) is 22.5 Å². The Morgan fingerprint density at radius 2 is 1.34 bits per heavy atom. The van der Waals surface area contributed by atoms with Gasteiger partial charge in [-0.25, -0.2) is 0 Å². The first kappa shape index (κ1) is 22.2. The molecule has 0 saturated heterocycles. The summed E-state index contributed by atoms with van der Waals surface area (Å²) in [6.45, 7) is 1.11. The molecule has 0 fully saturated rings. The van der Waals surface area contributed by atoms with Crippen molar-refractivity contribution in [3.63, 3.8) is 0 Å². The summed E-state index contributed by atoms with van der Waals surface area (Å²) in [6.07, 6.45) is 0. The van der Waals surface area contributed by atoms with Gasteiger partial charge >= 0.3 is 5.97 Å². The molecule has 0 radical (unpaired) electrons. The molecular formula is C24H21N3O5. The number of anilines is 2. The summed E-state index contributed by atoms with van der Waals surface area (Å²) >= 11 is 0. The molecule has 0 aromatic heterocycles. The zero-order valence-electron chi connectivity index (χ0n) is 17.3. The van der Waals surface area contributed by atoms with Crippen LogP contribution >= 0.6 is 0 Å². The third-order valence-electron chi connectivity index (χ3n) is 4.23. The van der Waals surface area contributed by atoms with Crippen molar-refractivity contribution in [2.75, 3.05) is 17.2 Å². The molecule has 3 aromatic carbocycles. The van der Waals surface area contributed by atoms with E-state index in [-0.39, 0.29) is 30.0 Å². The van der Waals surface area contributed by atoms with Crippen LogP contribution in [0.5, 0.6) is 5.75 Å². The van der Waals surface area contributed by atoms with Gasteiger partial charge in [0.25, 0.3) is 11.8 Å². The van der Waals surface area contributed by atoms with E-state index in [0.717, 1.165) is 0 Å². The van der Waals surface area contributed by atoms with Crippen molar-refractivity contribution in [3.05, 3.63) is 90.0 Å². The minimum Gasteiger partial charge on any atom is -0.427 e. The molecule has 0 unspecified atom stereocenters. The Morgan fingerprint density at radius 1 is 0.719 bits per heavy atom. The molecule has 0 aliphatic rings. The molecular weight excluding hydrogens is 410 g/mol. The van der Waals surface area contributed by atoms with E-state index in [1.807, 2.05) is 0 Å². The summed E-state index contributed by atoms with van der Waals surface area (Å²) in [5, 5.41) is 7.95. The number of ether oxygens (including phenoxy) is 1. The maximum atomic E-state index is 12.4. The minimum absolute atomic E-state index is 0.176. The monoisotopic (exact) mass is 431 g/mol. The molecule has 0 heterocycles. The number of benzene rings is 3. The minimum atomic E-state index is -0.472. The first-order chi connectivity index (χ1) is 15.4. The molecule has 0 aliphatic heterocycles. The maximum absolute atomic E-state index is 12.4. The van der Waals surface area contributed by atoms with Crippen molar-refractivity contribution in [1.29, 1.82) is 0 Å². The van der Waals surface area contributed by atoms with Gasteiger partial charge in [0.05, 0.1) is 6.54 Å². The molecule has 0 atom stereocenters. The van der Waals surface area contributed by atoms with Crippen molar-refractivity contribution in [1.82, 2.24) is 5.32 Å². The molecule has 162 valence electrons. The smallest absolute Gasteiger partial charge is 0.308 e. The number of esters is 1. The van der Waals surface area contributed by atoms with Crippen LogP contribution in [0.1, 0.15) is 27.6 Å². The third-order valence-corrected chi connectivity index (χ3v) is 4.23. The van der Waals surface area contributed by atoms with Gasteiger partial charge in [0, 0.05) is 29.4 Å². The molecule has 0 bridgehead atoms. The predicted octanol–water partition coefficient (Wildman–Crippen LogP) is 3.23. The molecule has 3 amide bonds. The number of hydrogen-bond donors (Lipinski definition) is 3. The lowest BCUT2D eigenvalue weighted by molar-refractivity contribution is -0.131. The number of amides is 3. The Bertz CT molecular complexity index is 1130. The Morgan fingerprint density at radius 3 is 2.00 bits per heavy atom. The van der Waals surface area contributed by atoms with Crippen LogP contribution in [-0.2, 0) is 9.59 Å². The van der Waals surface area contributed by atoms with E-state index in [9.17, 15) is 19.2 Å². The van der Waals surface area contributed by atoms with Gasteiger partial charge in [-0.3, -0.25) is 19.2 Å².